The molecule has 0 aliphatic heterocycles. The quantitative estimate of drug-likeness (QED) is 0.546. The highest BCUT2D eigenvalue weighted by Gasteiger charge is 2.16. The van der Waals surface area contributed by atoms with Crippen LogP contribution < -0.4 is 0 Å². The first-order valence-corrected chi connectivity index (χ1v) is 8.90. The van der Waals surface area contributed by atoms with Gasteiger partial charge in [-0.3, -0.25) is 0 Å². The minimum Gasteiger partial charge on any atom is -0.205 e. The van der Waals surface area contributed by atoms with Gasteiger partial charge in [0.1, 0.15) is 23.8 Å². The van der Waals surface area contributed by atoms with Crippen molar-refractivity contribution in [2.45, 2.75) is 13.8 Å². The molecule has 0 aliphatic rings. The third-order valence-electron chi connectivity index (χ3n) is 4.13. The summed E-state index contributed by atoms with van der Waals surface area (Å²) in [5.41, 5.74) is 0.371. The highest BCUT2D eigenvalue weighted by atomic mass is 19.1. The third kappa shape index (κ3) is 4.15. The van der Waals surface area contributed by atoms with Gasteiger partial charge in [-0.25, -0.2) is 8.78 Å². The predicted octanol–water partition coefficient (Wildman–Crippen LogP) is 5.81. The number of nitrogens with zero attached hydrogens (tertiary/aromatic N) is 4. The zero-order valence-corrected chi connectivity index (χ0v) is 16.2. The molecule has 3 aromatic rings. The topological polar surface area (TPSA) is 95.2 Å². The first-order valence-electron chi connectivity index (χ1n) is 8.90. The fourth-order valence-corrected chi connectivity index (χ4v) is 2.82. The Morgan fingerprint density at radius 2 is 1.00 bits per heavy atom. The van der Waals surface area contributed by atoms with Gasteiger partial charge in [0.05, 0.1) is 34.4 Å². The zero-order chi connectivity index (χ0) is 22.3. The molecule has 0 amide bonds. The van der Waals surface area contributed by atoms with E-state index in [0.717, 1.165) is 12.1 Å². The molecule has 0 unspecified atom stereocenters. The number of halogens is 2. The number of rotatable bonds is 2. The molecular weight excluding hydrogens is 382 g/mol. The van der Waals surface area contributed by atoms with Gasteiger partial charge in [0.2, 0.25) is 0 Å². The van der Waals surface area contributed by atoms with E-state index in [1.807, 2.05) is 26.0 Å². The maximum atomic E-state index is 14.6. The van der Waals surface area contributed by atoms with E-state index in [4.69, 9.17) is 21.0 Å². The van der Waals surface area contributed by atoms with Crippen LogP contribution in [-0.4, -0.2) is 0 Å². The van der Waals surface area contributed by atoms with E-state index in [0.29, 0.717) is 11.1 Å². The van der Waals surface area contributed by atoms with Gasteiger partial charge in [-0.2, -0.15) is 21.0 Å². The van der Waals surface area contributed by atoms with Crippen LogP contribution in [0.5, 0.6) is 0 Å². The van der Waals surface area contributed by atoms with Crippen LogP contribution in [0.4, 0.5) is 8.78 Å². The smallest absolute Gasteiger partial charge is 0.148 e. The summed E-state index contributed by atoms with van der Waals surface area (Å²) in [5, 5.41) is 36.4. The molecule has 30 heavy (non-hydrogen) atoms. The first-order chi connectivity index (χ1) is 14.5. The van der Waals surface area contributed by atoms with Gasteiger partial charge in [-0.05, 0) is 41.5 Å². The van der Waals surface area contributed by atoms with Crippen LogP contribution in [0.25, 0.3) is 22.3 Å². The molecule has 0 aromatic heterocycles. The molecule has 0 aliphatic carbocycles. The van der Waals surface area contributed by atoms with Crippen LogP contribution in [0.1, 0.15) is 36.1 Å². The van der Waals surface area contributed by atoms with Crippen molar-refractivity contribution in [3.63, 3.8) is 0 Å². The van der Waals surface area contributed by atoms with Crippen molar-refractivity contribution >= 4 is 0 Å². The van der Waals surface area contributed by atoms with Crippen molar-refractivity contribution in [3.05, 3.63) is 82.4 Å². The maximum absolute atomic E-state index is 14.6. The highest BCUT2D eigenvalue weighted by molar-refractivity contribution is 5.76. The zero-order valence-electron chi connectivity index (χ0n) is 16.2. The highest BCUT2D eigenvalue weighted by Crippen LogP contribution is 2.32. The molecule has 144 valence electrons. The second-order valence-corrected chi connectivity index (χ2v) is 5.80. The summed E-state index contributed by atoms with van der Waals surface area (Å²) in [6, 6.07) is 18.2. The third-order valence-corrected chi connectivity index (χ3v) is 4.13. The molecule has 0 spiro atoms. The Morgan fingerprint density at radius 3 is 1.33 bits per heavy atom. The molecule has 0 saturated heterocycles. The molecular formula is C24H14F2N4. The van der Waals surface area contributed by atoms with Gasteiger partial charge >= 0.3 is 0 Å². The van der Waals surface area contributed by atoms with Gasteiger partial charge in [0.25, 0.3) is 0 Å². The van der Waals surface area contributed by atoms with Gasteiger partial charge in [-0.15, -0.1) is 0 Å². The van der Waals surface area contributed by atoms with E-state index in [-0.39, 0.29) is 33.4 Å². The molecule has 0 saturated carbocycles. The Balaban J connectivity index is 0.00000155. The minimum atomic E-state index is -0.789. The predicted molar refractivity (Wildman–Crippen MR) is 107 cm³/mol. The van der Waals surface area contributed by atoms with Gasteiger partial charge < -0.3 is 0 Å². The van der Waals surface area contributed by atoms with Crippen molar-refractivity contribution in [1.82, 2.24) is 0 Å². The molecule has 0 radical (unpaired) electrons. The Morgan fingerprint density at radius 1 is 0.600 bits per heavy atom. The van der Waals surface area contributed by atoms with Crippen molar-refractivity contribution in [3.8, 4) is 46.5 Å². The van der Waals surface area contributed by atoms with Crippen LogP contribution in [0.15, 0.2) is 48.5 Å². The van der Waals surface area contributed by atoms with Gasteiger partial charge in [-0.1, -0.05) is 32.0 Å². The van der Waals surface area contributed by atoms with Crippen LogP contribution in [-0.2, 0) is 0 Å². The fourth-order valence-electron chi connectivity index (χ4n) is 2.82. The van der Waals surface area contributed by atoms with Gasteiger partial charge in [0, 0.05) is 11.1 Å². The monoisotopic (exact) mass is 396 g/mol. The summed E-state index contributed by atoms with van der Waals surface area (Å²) in [7, 11) is 0. The molecule has 0 fully saturated rings. The molecule has 3 rings (SSSR count). The maximum Gasteiger partial charge on any atom is 0.148 e. The molecule has 3 aromatic carbocycles. The van der Waals surface area contributed by atoms with Crippen molar-refractivity contribution in [1.29, 1.82) is 21.0 Å². The number of hydrogen-bond acceptors (Lipinski definition) is 4. The number of benzene rings is 3. The van der Waals surface area contributed by atoms with E-state index in [1.54, 1.807) is 30.3 Å². The lowest BCUT2D eigenvalue weighted by Crippen LogP contribution is -1.94. The normalized spacial score (nSPS) is 9.20. The van der Waals surface area contributed by atoms with Crippen LogP contribution in [0.2, 0.25) is 0 Å². The van der Waals surface area contributed by atoms with E-state index in [9.17, 15) is 8.78 Å². The minimum absolute atomic E-state index is 0.0230. The van der Waals surface area contributed by atoms with Crippen molar-refractivity contribution in [2.75, 3.05) is 0 Å². The van der Waals surface area contributed by atoms with Crippen molar-refractivity contribution in [2.24, 2.45) is 0 Å². The molecule has 4 nitrogen and oxygen atoms in total. The van der Waals surface area contributed by atoms with E-state index in [2.05, 4.69) is 0 Å². The molecule has 6 heteroatoms. The second-order valence-electron chi connectivity index (χ2n) is 5.80. The molecule has 0 bridgehead atoms. The Bertz CT molecular complexity index is 1190. The molecule has 0 N–H and O–H groups in total. The van der Waals surface area contributed by atoms with E-state index < -0.39 is 11.6 Å². The number of nitriles is 4. The molecule has 0 atom stereocenters. The average molecular weight is 396 g/mol. The summed E-state index contributed by atoms with van der Waals surface area (Å²) in [4.78, 5) is 0. The Labute approximate surface area is 173 Å². The largest absolute Gasteiger partial charge is 0.205 e. The Kier molecular flexibility index (Phi) is 6.97. The summed E-state index contributed by atoms with van der Waals surface area (Å²) < 4.78 is 29.3. The number of hydrogen-bond donors (Lipinski definition) is 0. The first kappa shape index (κ1) is 21.8. The summed E-state index contributed by atoms with van der Waals surface area (Å²) in [5.74, 6) is -1.58. The fraction of sp³-hybridized carbons (Fsp3) is 0.0833. The molecule has 0 heterocycles. The van der Waals surface area contributed by atoms with E-state index >= 15 is 0 Å². The van der Waals surface area contributed by atoms with E-state index in [1.165, 1.54) is 18.2 Å². The lowest BCUT2D eigenvalue weighted by Gasteiger charge is -2.10. The lowest BCUT2D eigenvalue weighted by atomic mass is 9.94. The lowest BCUT2D eigenvalue weighted by molar-refractivity contribution is 0.627. The van der Waals surface area contributed by atoms with Crippen LogP contribution in [0.3, 0.4) is 0 Å². The summed E-state index contributed by atoms with van der Waals surface area (Å²) in [6.45, 7) is 4.00. The standard InChI is InChI=1S/C22H8F2N4.C2H6/c23-21-17(11-27)4-13(9-25)6-19(21)15-2-1-3-16(8-15)20-7-14(10-26)5-18(12-28)22(20)24;1-2/h1-8H;1-2H3. The SMILES string of the molecule is CC.N#Cc1cc(C#N)c(F)c(-c2cccc(-c3cc(C#N)cc(C#N)c3F)c2)c1. The average Bonchev–Trinajstić information content (AvgIpc) is 2.80. The van der Waals surface area contributed by atoms with Crippen LogP contribution >= 0.6 is 0 Å². The summed E-state index contributed by atoms with van der Waals surface area (Å²) >= 11 is 0. The Hall–Kier alpha value is -4.52. The van der Waals surface area contributed by atoms with Gasteiger partial charge in [0.15, 0.2) is 0 Å². The van der Waals surface area contributed by atoms with Crippen molar-refractivity contribution < 1.29 is 8.78 Å². The van der Waals surface area contributed by atoms with Crippen LogP contribution in [0, 0.1) is 57.0 Å². The summed E-state index contributed by atoms with van der Waals surface area (Å²) in [6.07, 6.45) is 0. The second kappa shape index (κ2) is 9.61.